The maximum atomic E-state index is 14.2. The van der Waals surface area contributed by atoms with Gasteiger partial charge in [0.1, 0.15) is 5.75 Å². The number of fused-ring (bicyclic) bond motifs is 2. The summed E-state index contributed by atoms with van der Waals surface area (Å²) in [6.45, 7) is 3.87. The van der Waals surface area contributed by atoms with Crippen molar-refractivity contribution in [3.8, 4) is 17.2 Å². The van der Waals surface area contributed by atoms with Gasteiger partial charge in [0.15, 0.2) is 11.5 Å². The third-order valence-electron chi connectivity index (χ3n) is 7.83. The average molecular weight is 514 g/mol. The number of ether oxygens (including phenoxy) is 3. The van der Waals surface area contributed by atoms with Gasteiger partial charge >= 0.3 is 0 Å². The van der Waals surface area contributed by atoms with E-state index >= 15 is 0 Å². The molecule has 0 N–H and O–H groups in total. The largest absolute Gasteiger partial charge is 0.497 e. The Morgan fingerprint density at radius 3 is 2.45 bits per heavy atom. The average Bonchev–Trinajstić information content (AvgIpc) is 3.43. The van der Waals surface area contributed by atoms with Gasteiger partial charge in [-0.05, 0) is 47.0 Å². The Kier molecular flexibility index (Phi) is 6.41. The van der Waals surface area contributed by atoms with Crippen molar-refractivity contribution in [2.45, 2.75) is 18.5 Å². The summed E-state index contributed by atoms with van der Waals surface area (Å²) in [4.78, 5) is 33.5. The Morgan fingerprint density at radius 1 is 0.947 bits per heavy atom. The van der Waals surface area contributed by atoms with Crippen LogP contribution in [-0.2, 0) is 11.3 Å². The monoisotopic (exact) mass is 513 g/mol. The van der Waals surface area contributed by atoms with Crippen molar-refractivity contribution in [2.24, 2.45) is 0 Å². The number of hydrogen-bond acceptors (Lipinski definition) is 6. The van der Waals surface area contributed by atoms with Crippen molar-refractivity contribution in [1.82, 2.24) is 14.7 Å². The number of carbonyl (C=O) groups is 2. The van der Waals surface area contributed by atoms with E-state index in [0.29, 0.717) is 18.7 Å². The van der Waals surface area contributed by atoms with Gasteiger partial charge in [0.2, 0.25) is 12.7 Å². The molecule has 196 valence electrons. The van der Waals surface area contributed by atoms with Crippen molar-refractivity contribution < 1.29 is 23.8 Å². The summed E-state index contributed by atoms with van der Waals surface area (Å²) >= 11 is 0. The van der Waals surface area contributed by atoms with Crippen LogP contribution in [0.15, 0.2) is 66.7 Å². The first-order valence-corrected chi connectivity index (χ1v) is 12.9. The van der Waals surface area contributed by atoms with E-state index in [4.69, 9.17) is 14.2 Å². The molecule has 8 heteroatoms. The molecule has 1 saturated heterocycles. The SMILES string of the molecule is COc1ccc([C@@H]2[C@H](C(=O)N3CCN(Cc4ccc5c(c4)OCO5)CC3)c3ccccc3C(=O)N2C)cc1. The smallest absolute Gasteiger partial charge is 0.254 e. The van der Waals surface area contributed by atoms with Gasteiger partial charge in [-0.2, -0.15) is 0 Å². The zero-order valence-electron chi connectivity index (χ0n) is 21.6. The van der Waals surface area contributed by atoms with Crippen LogP contribution in [0.4, 0.5) is 0 Å². The van der Waals surface area contributed by atoms with Crippen LogP contribution in [0.1, 0.15) is 39.0 Å². The molecule has 0 spiro atoms. The minimum atomic E-state index is -0.484. The maximum absolute atomic E-state index is 14.2. The molecule has 3 aromatic carbocycles. The van der Waals surface area contributed by atoms with E-state index in [9.17, 15) is 9.59 Å². The molecule has 38 heavy (non-hydrogen) atoms. The molecule has 8 nitrogen and oxygen atoms in total. The van der Waals surface area contributed by atoms with Crippen LogP contribution >= 0.6 is 0 Å². The molecule has 0 saturated carbocycles. The number of amides is 2. The van der Waals surface area contributed by atoms with Gasteiger partial charge in [0.05, 0.1) is 19.1 Å². The lowest BCUT2D eigenvalue weighted by atomic mass is 9.79. The highest BCUT2D eigenvalue weighted by atomic mass is 16.7. The van der Waals surface area contributed by atoms with Crippen molar-refractivity contribution in [3.63, 3.8) is 0 Å². The third-order valence-corrected chi connectivity index (χ3v) is 7.83. The van der Waals surface area contributed by atoms with Gasteiger partial charge in [-0.25, -0.2) is 0 Å². The Bertz CT molecular complexity index is 1350. The van der Waals surface area contributed by atoms with Crippen LogP contribution in [0.25, 0.3) is 0 Å². The number of methoxy groups -OCH3 is 1. The first kappa shape index (κ1) is 24.3. The Labute approximate surface area is 222 Å². The van der Waals surface area contributed by atoms with E-state index < -0.39 is 12.0 Å². The highest BCUT2D eigenvalue weighted by molar-refractivity contribution is 6.01. The summed E-state index contributed by atoms with van der Waals surface area (Å²) in [6.07, 6.45) is 0. The molecule has 2 amide bonds. The fraction of sp³-hybridized carbons (Fsp3) is 0.333. The number of rotatable bonds is 5. The number of nitrogens with zero attached hydrogens (tertiary/aromatic N) is 3. The number of carbonyl (C=O) groups excluding carboxylic acids is 2. The van der Waals surface area contributed by atoms with Gasteiger partial charge in [0.25, 0.3) is 5.91 Å². The quantitative estimate of drug-likeness (QED) is 0.519. The molecule has 0 radical (unpaired) electrons. The normalized spacial score (nSPS) is 20.8. The minimum Gasteiger partial charge on any atom is -0.497 e. The van der Waals surface area contributed by atoms with Gasteiger partial charge in [-0.3, -0.25) is 14.5 Å². The predicted molar refractivity (Wildman–Crippen MR) is 141 cm³/mol. The number of benzene rings is 3. The molecular weight excluding hydrogens is 482 g/mol. The van der Waals surface area contributed by atoms with Gasteiger partial charge in [-0.1, -0.05) is 36.4 Å². The van der Waals surface area contributed by atoms with Crippen LogP contribution in [0.5, 0.6) is 17.2 Å². The molecule has 2 atom stereocenters. The lowest BCUT2D eigenvalue weighted by Crippen LogP contribution is -2.52. The van der Waals surface area contributed by atoms with Crippen molar-refractivity contribution in [2.75, 3.05) is 47.1 Å². The maximum Gasteiger partial charge on any atom is 0.254 e. The lowest BCUT2D eigenvalue weighted by molar-refractivity contribution is -0.136. The van der Waals surface area contributed by atoms with E-state index in [1.54, 1.807) is 19.1 Å². The van der Waals surface area contributed by atoms with Gasteiger partial charge in [0, 0.05) is 45.3 Å². The summed E-state index contributed by atoms with van der Waals surface area (Å²) in [6, 6.07) is 20.8. The standard InChI is InChI=1S/C30H31N3O5/c1-31-28(21-8-10-22(36-2)11-9-21)27(23-5-3-4-6-24(23)29(31)34)30(35)33-15-13-32(14-16-33)18-20-7-12-25-26(17-20)38-19-37-25/h3-12,17,27-28H,13-16,18-19H2,1-2H3/t27-,28-/m1/s1. The van der Waals surface area contributed by atoms with Crippen molar-refractivity contribution >= 4 is 11.8 Å². The molecule has 3 aliphatic heterocycles. The number of hydrogen-bond donors (Lipinski definition) is 0. The summed E-state index contributed by atoms with van der Waals surface area (Å²) in [7, 11) is 3.41. The molecule has 6 rings (SSSR count). The summed E-state index contributed by atoms with van der Waals surface area (Å²) in [5, 5.41) is 0. The van der Waals surface area contributed by atoms with Crippen LogP contribution < -0.4 is 14.2 Å². The Morgan fingerprint density at radius 2 is 1.68 bits per heavy atom. The predicted octanol–water partition coefficient (Wildman–Crippen LogP) is 3.68. The molecule has 3 heterocycles. The molecule has 0 unspecified atom stereocenters. The molecule has 1 fully saturated rings. The molecule has 3 aliphatic rings. The number of likely N-dealkylation sites (N-methyl/N-ethyl adjacent to an activating group) is 1. The third kappa shape index (κ3) is 4.35. The molecule has 0 aliphatic carbocycles. The second-order valence-corrected chi connectivity index (χ2v) is 9.99. The topological polar surface area (TPSA) is 71.5 Å². The van der Waals surface area contributed by atoms with Gasteiger partial charge in [-0.15, -0.1) is 0 Å². The van der Waals surface area contributed by atoms with E-state index in [1.807, 2.05) is 65.6 Å². The first-order chi connectivity index (χ1) is 18.5. The van der Waals surface area contributed by atoms with Gasteiger partial charge < -0.3 is 24.0 Å². The second-order valence-electron chi connectivity index (χ2n) is 9.99. The highest BCUT2D eigenvalue weighted by Gasteiger charge is 2.44. The Balaban J connectivity index is 1.22. The van der Waals surface area contributed by atoms with E-state index in [2.05, 4.69) is 11.0 Å². The summed E-state index contributed by atoms with van der Waals surface area (Å²) in [5.41, 5.74) is 3.47. The lowest BCUT2D eigenvalue weighted by Gasteiger charge is -2.43. The van der Waals surface area contributed by atoms with E-state index in [0.717, 1.165) is 53.6 Å². The van der Waals surface area contributed by atoms with Crippen LogP contribution in [-0.4, -0.2) is 73.6 Å². The van der Waals surface area contributed by atoms with E-state index in [-0.39, 0.29) is 18.6 Å². The summed E-state index contributed by atoms with van der Waals surface area (Å²) in [5.74, 6) is 1.81. The summed E-state index contributed by atoms with van der Waals surface area (Å²) < 4.78 is 16.3. The minimum absolute atomic E-state index is 0.0559. The second kappa shape index (κ2) is 10.0. The van der Waals surface area contributed by atoms with Crippen molar-refractivity contribution in [3.05, 3.63) is 89.0 Å². The van der Waals surface area contributed by atoms with Crippen LogP contribution in [0, 0.1) is 0 Å². The zero-order valence-corrected chi connectivity index (χ0v) is 21.6. The molecule has 0 bridgehead atoms. The molecular formula is C30H31N3O5. The zero-order chi connectivity index (χ0) is 26.2. The number of piperazine rings is 1. The van der Waals surface area contributed by atoms with E-state index in [1.165, 1.54) is 0 Å². The fourth-order valence-corrected chi connectivity index (χ4v) is 5.78. The first-order valence-electron chi connectivity index (χ1n) is 12.9. The van der Waals surface area contributed by atoms with Crippen molar-refractivity contribution in [1.29, 1.82) is 0 Å². The Hall–Kier alpha value is -4.04. The van der Waals surface area contributed by atoms with Crippen LogP contribution in [0.2, 0.25) is 0 Å². The van der Waals surface area contributed by atoms with Crippen LogP contribution in [0.3, 0.4) is 0 Å². The molecule has 3 aromatic rings. The molecule has 0 aromatic heterocycles. The fourth-order valence-electron chi connectivity index (χ4n) is 5.78. The highest BCUT2D eigenvalue weighted by Crippen LogP contribution is 2.43.